The van der Waals surface area contributed by atoms with Gasteiger partial charge in [-0.25, -0.2) is 0 Å². The number of likely N-dealkylation sites (N-methyl/N-ethyl adjacent to an activating group) is 1. The molecule has 0 amide bonds. The summed E-state index contributed by atoms with van der Waals surface area (Å²) in [6.45, 7) is 5.71. The van der Waals surface area contributed by atoms with Gasteiger partial charge >= 0.3 is 0 Å². The molecule has 1 aliphatic heterocycles. The predicted octanol–water partition coefficient (Wildman–Crippen LogP) is 1.53. The molecule has 0 bridgehead atoms. The van der Waals surface area contributed by atoms with Crippen LogP contribution in [-0.2, 0) is 0 Å². The van der Waals surface area contributed by atoms with Gasteiger partial charge in [0, 0.05) is 24.7 Å². The maximum atomic E-state index is 6.18. The molecule has 1 saturated heterocycles. The summed E-state index contributed by atoms with van der Waals surface area (Å²) in [5.41, 5.74) is 6.49. The first-order valence-electron chi connectivity index (χ1n) is 7.21. The zero-order chi connectivity index (χ0) is 12.5. The first-order valence-corrected chi connectivity index (χ1v) is 7.21. The Bertz CT molecular complexity index is 254. The first-order chi connectivity index (χ1) is 8.10. The van der Waals surface area contributed by atoms with Gasteiger partial charge in [-0.2, -0.15) is 0 Å². The fourth-order valence-corrected chi connectivity index (χ4v) is 4.11. The highest BCUT2D eigenvalue weighted by atomic mass is 15.3. The van der Waals surface area contributed by atoms with Gasteiger partial charge in [0.05, 0.1) is 0 Å². The van der Waals surface area contributed by atoms with E-state index in [1.54, 1.807) is 0 Å². The lowest BCUT2D eigenvalue weighted by atomic mass is 9.85. The summed E-state index contributed by atoms with van der Waals surface area (Å²) in [7, 11) is 4.37. The van der Waals surface area contributed by atoms with Crippen molar-refractivity contribution < 1.29 is 0 Å². The zero-order valence-corrected chi connectivity index (χ0v) is 11.8. The molecule has 2 rings (SSSR count). The van der Waals surface area contributed by atoms with Gasteiger partial charge in [0.2, 0.25) is 0 Å². The molecule has 1 saturated carbocycles. The zero-order valence-electron chi connectivity index (χ0n) is 11.8. The molecule has 3 nitrogen and oxygen atoms in total. The van der Waals surface area contributed by atoms with Gasteiger partial charge in [-0.1, -0.05) is 13.3 Å². The van der Waals surface area contributed by atoms with Crippen LogP contribution in [0.5, 0.6) is 0 Å². The quantitative estimate of drug-likeness (QED) is 0.807. The van der Waals surface area contributed by atoms with Crippen LogP contribution >= 0.6 is 0 Å². The number of hydrogen-bond acceptors (Lipinski definition) is 3. The van der Waals surface area contributed by atoms with E-state index in [1.807, 2.05) is 0 Å². The molecule has 100 valence electrons. The summed E-state index contributed by atoms with van der Waals surface area (Å²) in [6, 6.07) is 0.731. The SMILES string of the molecule is CC1CCCC1(CN)N1CCCC1CN(C)C. The average molecular weight is 239 g/mol. The molecule has 2 fully saturated rings. The Hall–Kier alpha value is -0.120. The topological polar surface area (TPSA) is 32.5 Å². The van der Waals surface area contributed by atoms with E-state index in [0.29, 0.717) is 5.54 Å². The number of nitrogens with zero attached hydrogens (tertiary/aromatic N) is 2. The number of rotatable bonds is 4. The Morgan fingerprint density at radius 3 is 2.59 bits per heavy atom. The predicted molar refractivity (Wildman–Crippen MR) is 73.1 cm³/mol. The van der Waals surface area contributed by atoms with Crippen LogP contribution in [0, 0.1) is 5.92 Å². The molecule has 1 heterocycles. The molecule has 0 spiro atoms. The summed E-state index contributed by atoms with van der Waals surface area (Å²) in [5, 5.41) is 0. The summed E-state index contributed by atoms with van der Waals surface area (Å²) in [5.74, 6) is 0.773. The number of nitrogens with two attached hydrogens (primary N) is 1. The van der Waals surface area contributed by atoms with Crippen molar-refractivity contribution in [3.05, 3.63) is 0 Å². The highest BCUT2D eigenvalue weighted by molar-refractivity contribution is 5.04. The van der Waals surface area contributed by atoms with E-state index in [9.17, 15) is 0 Å². The van der Waals surface area contributed by atoms with Crippen LogP contribution in [0.4, 0.5) is 0 Å². The lowest BCUT2D eigenvalue weighted by molar-refractivity contribution is 0.0421. The molecule has 0 aromatic heterocycles. The van der Waals surface area contributed by atoms with Gasteiger partial charge < -0.3 is 10.6 Å². The second kappa shape index (κ2) is 5.25. The third-order valence-electron chi connectivity index (χ3n) is 5.04. The Balaban J connectivity index is 2.13. The molecule has 0 radical (unpaired) electrons. The molecular formula is C14H29N3. The molecule has 3 heteroatoms. The van der Waals surface area contributed by atoms with Crippen molar-refractivity contribution >= 4 is 0 Å². The molecule has 2 N–H and O–H groups in total. The largest absolute Gasteiger partial charge is 0.329 e. The lowest BCUT2D eigenvalue weighted by Crippen LogP contribution is -2.58. The maximum Gasteiger partial charge on any atom is 0.0360 e. The van der Waals surface area contributed by atoms with E-state index in [1.165, 1.54) is 45.2 Å². The minimum atomic E-state index is 0.317. The fourth-order valence-electron chi connectivity index (χ4n) is 4.11. The van der Waals surface area contributed by atoms with Crippen molar-refractivity contribution in [2.24, 2.45) is 11.7 Å². The van der Waals surface area contributed by atoms with Crippen molar-refractivity contribution in [1.29, 1.82) is 0 Å². The lowest BCUT2D eigenvalue weighted by Gasteiger charge is -2.45. The summed E-state index contributed by atoms with van der Waals surface area (Å²) < 4.78 is 0. The Morgan fingerprint density at radius 1 is 1.29 bits per heavy atom. The van der Waals surface area contributed by atoms with Crippen LogP contribution < -0.4 is 5.73 Å². The van der Waals surface area contributed by atoms with Crippen molar-refractivity contribution in [3.63, 3.8) is 0 Å². The van der Waals surface area contributed by atoms with Crippen molar-refractivity contribution in [1.82, 2.24) is 9.80 Å². The molecule has 1 aliphatic carbocycles. The van der Waals surface area contributed by atoms with Gasteiger partial charge in [0.25, 0.3) is 0 Å². The molecule has 0 aromatic carbocycles. The number of likely N-dealkylation sites (tertiary alicyclic amines) is 1. The Morgan fingerprint density at radius 2 is 2.06 bits per heavy atom. The van der Waals surface area contributed by atoms with Gasteiger partial charge in [-0.05, 0) is 52.2 Å². The molecular weight excluding hydrogens is 210 g/mol. The fraction of sp³-hybridized carbons (Fsp3) is 1.00. The molecule has 3 atom stereocenters. The smallest absolute Gasteiger partial charge is 0.0360 e. The van der Waals surface area contributed by atoms with E-state index in [-0.39, 0.29) is 0 Å². The minimum absolute atomic E-state index is 0.317. The first kappa shape index (κ1) is 13.3. The van der Waals surface area contributed by atoms with Crippen LogP contribution in [0.25, 0.3) is 0 Å². The Labute approximate surface area is 106 Å². The van der Waals surface area contributed by atoms with Crippen molar-refractivity contribution in [3.8, 4) is 0 Å². The van der Waals surface area contributed by atoms with Gasteiger partial charge in [-0.15, -0.1) is 0 Å². The van der Waals surface area contributed by atoms with Gasteiger partial charge in [0.1, 0.15) is 0 Å². The van der Waals surface area contributed by atoms with Crippen LogP contribution in [0.3, 0.4) is 0 Å². The monoisotopic (exact) mass is 239 g/mol. The standard InChI is InChI=1S/C14H29N3/c1-12-6-4-8-14(12,11-15)17-9-5-7-13(17)10-16(2)3/h12-13H,4-11,15H2,1-3H3. The minimum Gasteiger partial charge on any atom is -0.329 e. The van der Waals surface area contributed by atoms with Crippen molar-refractivity contribution in [2.45, 2.75) is 50.6 Å². The van der Waals surface area contributed by atoms with Crippen LogP contribution in [0.1, 0.15) is 39.0 Å². The Kier molecular flexibility index (Phi) is 4.11. The molecule has 17 heavy (non-hydrogen) atoms. The van der Waals surface area contributed by atoms with Gasteiger partial charge in [-0.3, -0.25) is 4.90 Å². The number of hydrogen-bond donors (Lipinski definition) is 1. The average Bonchev–Trinajstić information content (AvgIpc) is 2.85. The maximum absolute atomic E-state index is 6.18. The second-order valence-electron chi connectivity index (χ2n) is 6.35. The van der Waals surface area contributed by atoms with E-state index < -0.39 is 0 Å². The summed E-state index contributed by atoms with van der Waals surface area (Å²) >= 11 is 0. The summed E-state index contributed by atoms with van der Waals surface area (Å²) in [6.07, 6.45) is 6.75. The van der Waals surface area contributed by atoms with Gasteiger partial charge in [0.15, 0.2) is 0 Å². The normalized spacial score (nSPS) is 39.4. The van der Waals surface area contributed by atoms with Crippen LogP contribution in [0.15, 0.2) is 0 Å². The van der Waals surface area contributed by atoms with Crippen molar-refractivity contribution in [2.75, 3.05) is 33.7 Å². The third-order valence-corrected chi connectivity index (χ3v) is 5.04. The molecule has 0 aromatic rings. The van der Waals surface area contributed by atoms with Crippen LogP contribution in [0.2, 0.25) is 0 Å². The third kappa shape index (κ3) is 2.38. The highest BCUT2D eigenvalue weighted by Crippen LogP contribution is 2.43. The van der Waals surface area contributed by atoms with E-state index in [0.717, 1.165) is 18.5 Å². The van der Waals surface area contributed by atoms with Crippen LogP contribution in [-0.4, -0.2) is 55.1 Å². The summed E-state index contributed by atoms with van der Waals surface area (Å²) in [4.78, 5) is 5.09. The van der Waals surface area contributed by atoms with E-state index in [2.05, 4.69) is 30.8 Å². The molecule has 2 aliphatic rings. The van der Waals surface area contributed by atoms with E-state index >= 15 is 0 Å². The van der Waals surface area contributed by atoms with E-state index in [4.69, 9.17) is 5.73 Å². The molecule has 3 unspecified atom stereocenters. The second-order valence-corrected chi connectivity index (χ2v) is 6.35. The highest BCUT2D eigenvalue weighted by Gasteiger charge is 2.47.